The number of ether oxygens (including phenoxy) is 1. The number of amides is 1. The van der Waals surface area contributed by atoms with Gasteiger partial charge in [-0.05, 0) is 25.0 Å². The zero-order valence-corrected chi connectivity index (χ0v) is 12.1. The van der Waals surface area contributed by atoms with Crippen LogP contribution in [-0.2, 0) is 10.2 Å². The number of nitrogens with zero attached hydrogens (tertiary/aromatic N) is 1. The van der Waals surface area contributed by atoms with Gasteiger partial charge in [0.2, 0.25) is 0 Å². The van der Waals surface area contributed by atoms with Crippen LogP contribution in [0.1, 0.15) is 23.2 Å². The summed E-state index contributed by atoms with van der Waals surface area (Å²) in [6.07, 6.45) is 1.37. The minimum atomic E-state index is -4.04. The Morgan fingerprint density at radius 2 is 1.91 bits per heavy atom. The molecular weight excluding hydrogens is 325 g/mol. The van der Waals surface area contributed by atoms with Gasteiger partial charge in [0.15, 0.2) is 0 Å². The normalized spacial score (nSPS) is 16.0. The zero-order valence-electron chi connectivity index (χ0n) is 11.3. The highest BCUT2D eigenvalue weighted by Crippen LogP contribution is 2.19. The molecule has 1 saturated heterocycles. The van der Waals surface area contributed by atoms with Gasteiger partial charge in [-0.15, -0.1) is 0 Å². The van der Waals surface area contributed by atoms with E-state index in [9.17, 15) is 26.4 Å². The van der Waals surface area contributed by atoms with Crippen molar-refractivity contribution in [2.75, 3.05) is 13.1 Å². The minimum absolute atomic E-state index is 0.284. The average Bonchev–Trinajstić information content (AvgIpc) is 2.91. The smallest absolute Gasteiger partial charge is 0.387 e. The first-order chi connectivity index (χ1) is 10.3. The first-order valence-electron chi connectivity index (χ1n) is 6.36. The fraction of sp³-hybridized carbons (Fsp3) is 0.417. The third-order valence-electron chi connectivity index (χ3n) is 3.04. The van der Waals surface area contributed by atoms with Crippen molar-refractivity contribution >= 4 is 16.1 Å². The maximum Gasteiger partial charge on any atom is 0.387 e. The van der Waals surface area contributed by atoms with E-state index in [2.05, 4.69) is 4.74 Å². The second-order valence-corrected chi connectivity index (χ2v) is 6.23. The van der Waals surface area contributed by atoms with Gasteiger partial charge in [0.1, 0.15) is 11.6 Å². The lowest BCUT2D eigenvalue weighted by Crippen LogP contribution is -2.42. The van der Waals surface area contributed by atoms with Crippen LogP contribution in [0.3, 0.4) is 0 Å². The van der Waals surface area contributed by atoms with Crippen LogP contribution >= 0.6 is 0 Å². The summed E-state index contributed by atoms with van der Waals surface area (Å²) in [4.78, 5) is 11.8. The Kier molecular flexibility index (Phi) is 4.91. The van der Waals surface area contributed by atoms with Crippen molar-refractivity contribution < 1.29 is 31.1 Å². The third-order valence-corrected chi connectivity index (χ3v) is 4.53. The van der Waals surface area contributed by atoms with Gasteiger partial charge in [0, 0.05) is 19.2 Å². The van der Waals surface area contributed by atoms with Gasteiger partial charge in [-0.3, -0.25) is 4.79 Å². The van der Waals surface area contributed by atoms with Gasteiger partial charge in [0.25, 0.3) is 5.91 Å². The summed E-state index contributed by atoms with van der Waals surface area (Å²) in [7, 11) is -4.04. The summed E-state index contributed by atoms with van der Waals surface area (Å²) in [5, 5.41) is 0. The Hall–Kier alpha value is -1.81. The van der Waals surface area contributed by atoms with Crippen LogP contribution in [0.2, 0.25) is 0 Å². The van der Waals surface area contributed by atoms with Crippen molar-refractivity contribution in [3.63, 3.8) is 0 Å². The van der Waals surface area contributed by atoms with Crippen molar-refractivity contribution in [3.05, 3.63) is 29.6 Å². The van der Waals surface area contributed by atoms with E-state index in [1.54, 1.807) is 4.72 Å². The van der Waals surface area contributed by atoms with E-state index in [1.165, 1.54) is 0 Å². The van der Waals surface area contributed by atoms with Crippen molar-refractivity contribution in [2.45, 2.75) is 19.5 Å². The van der Waals surface area contributed by atoms with E-state index in [-0.39, 0.29) is 13.1 Å². The van der Waals surface area contributed by atoms with E-state index < -0.39 is 39.9 Å². The number of rotatable bonds is 5. The molecule has 1 aromatic carbocycles. The highest BCUT2D eigenvalue weighted by Gasteiger charge is 2.28. The molecule has 1 amide bonds. The Morgan fingerprint density at radius 3 is 2.45 bits per heavy atom. The molecule has 0 bridgehead atoms. The Balaban J connectivity index is 2.12. The van der Waals surface area contributed by atoms with Crippen molar-refractivity contribution in [2.24, 2.45) is 0 Å². The van der Waals surface area contributed by atoms with Crippen LogP contribution in [0.25, 0.3) is 0 Å². The standard InChI is InChI=1S/C12H13F3N2O4S/c13-10-7-8(21-12(14)15)3-4-9(10)11(18)16-22(19,20)17-5-1-2-6-17/h3-4,7,12H,1-2,5-6H2,(H,16,18). The minimum Gasteiger partial charge on any atom is -0.435 e. The molecule has 122 valence electrons. The summed E-state index contributed by atoms with van der Waals surface area (Å²) in [6.45, 7) is -2.56. The van der Waals surface area contributed by atoms with Gasteiger partial charge < -0.3 is 4.74 Å². The van der Waals surface area contributed by atoms with Crippen LogP contribution < -0.4 is 9.46 Å². The molecule has 0 aromatic heterocycles. The molecular formula is C12H13F3N2O4S. The lowest BCUT2D eigenvalue weighted by Gasteiger charge is -2.16. The number of benzene rings is 1. The lowest BCUT2D eigenvalue weighted by molar-refractivity contribution is -0.0499. The fourth-order valence-electron chi connectivity index (χ4n) is 2.02. The number of carbonyl (C=O) groups excluding carboxylic acids is 1. The molecule has 1 aliphatic rings. The molecule has 0 aliphatic carbocycles. The molecule has 0 atom stereocenters. The number of carbonyl (C=O) groups is 1. The molecule has 10 heteroatoms. The van der Waals surface area contributed by atoms with Crippen molar-refractivity contribution in [1.29, 1.82) is 0 Å². The number of alkyl halides is 2. The topological polar surface area (TPSA) is 75.7 Å². The molecule has 1 aliphatic heterocycles. The van der Waals surface area contributed by atoms with E-state index in [1.807, 2.05) is 0 Å². The maximum absolute atomic E-state index is 13.7. The van der Waals surface area contributed by atoms with Crippen molar-refractivity contribution in [1.82, 2.24) is 9.03 Å². The van der Waals surface area contributed by atoms with Gasteiger partial charge in [-0.1, -0.05) is 0 Å². The second-order valence-electron chi connectivity index (χ2n) is 4.56. The quantitative estimate of drug-likeness (QED) is 0.883. The maximum atomic E-state index is 13.7. The van der Waals surface area contributed by atoms with Crippen LogP contribution in [0, 0.1) is 5.82 Å². The van der Waals surface area contributed by atoms with Crippen LogP contribution in [0.5, 0.6) is 5.75 Å². The van der Waals surface area contributed by atoms with Gasteiger partial charge in [-0.25, -0.2) is 9.11 Å². The lowest BCUT2D eigenvalue weighted by atomic mass is 10.2. The first-order valence-corrected chi connectivity index (χ1v) is 7.80. The Morgan fingerprint density at radius 1 is 1.27 bits per heavy atom. The molecule has 0 radical (unpaired) electrons. The van der Waals surface area contributed by atoms with Crippen molar-refractivity contribution in [3.8, 4) is 5.75 Å². The Bertz CT molecular complexity index is 660. The fourth-order valence-corrected chi connectivity index (χ4v) is 3.23. The number of hydrogen-bond acceptors (Lipinski definition) is 4. The zero-order chi connectivity index (χ0) is 16.3. The second kappa shape index (κ2) is 6.53. The molecule has 6 nitrogen and oxygen atoms in total. The van der Waals surface area contributed by atoms with E-state index in [4.69, 9.17) is 0 Å². The van der Waals surface area contributed by atoms with Gasteiger partial charge in [-0.2, -0.15) is 21.5 Å². The molecule has 1 aromatic rings. The monoisotopic (exact) mass is 338 g/mol. The summed E-state index contributed by atoms with van der Waals surface area (Å²) in [5.41, 5.74) is -0.579. The van der Waals surface area contributed by atoms with Crippen LogP contribution in [0.4, 0.5) is 13.2 Å². The first kappa shape index (κ1) is 16.6. The molecule has 0 unspecified atom stereocenters. The molecule has 1 fully saturated rings. The summed E-state index contributed by atoms with van der Waals surface area (Å²) in [5.74, 6) is -2.80. The van der Waals surface area contributed by atoms with E-state index in [0.29, 0.717) is 18.9 Å². The highest BCUT2D eigenvalue weighted by molar-refractivity contribution is 7.87. The molecule has 1 heterocycles. The van der Waals surface area contributed by atoms with Gasteiger partial charge in [0.05, 0.1) is 5.56 Å². The summed E-state index contributed by atoms with van der Waals surface area (Å²) in [6, 6.07) is 2.41. The van der Waals surface area contributed by atoms with E-state index >= 15 is 0 Å². The molecule has 2 rings (SSSR count). The molecule has 22 heavy (non-hydrogen) atoms. The molecule has 0 spiro atoms. The molecule has 0 saturated carbocycles. The van der Waals surface area contributed by atoms with E-state index in [0.717, 1.165) is 16.4 Å². The van der Waals surface area contributed by atoms with Crippen LogP contribution in [-0.4, -0.2) is 38.3 Å². The predicted molar refractivity (Wildman–Crippen MR) is 70.2 cm³/mol. The summed E-state index contributed by atoms with van der Waals surface area (Å²) >= 11 is 0. The number of nitrogens with one attached hydrogen (secondary N) is 1. The predicted octanol–water partition coefficient (Wildman–Crippen LogP) is 1.50. The SMILES string of the molecule is O=C(NS(=O)(=O)N1CCCC1)c1ccc(OC(F)F)cc1F. The van der Waals surface area contributed by atoms with Crippen LogP contribution in [0.15, 0.2) is 18.2 Å². The van der Waals surface area contributed by atoms with Gasteiger partial charge >= 0.3 is 16.8 Å². The highest BCUT2D eigenvalue weighted by atomic mass is 32.2. The summed E-state index contributed by atoms with van der Waals surface area (Å²) < 4.78 is 68.3. The Labute approximate surface area is 125 Å². The molecule has 1 N–H and O–H groups in total. The largest absolute Gasteiger partial charge is 0.435 e. The number of halogens is 3. The number of hydrogen-bond donors (Lipinski definition) is 1. The third kappa shape index (κ3) is 3.89. The average molecular weight is 338 g/mol.